The van der Waals surface area contributed by atoms with Crippen molar-refractivity contribution in [3.63, 3.8) is 0 Å². The maximum absolute atomic E-state index is 13.8. The van der Waals surface area contributed by atoms with E-state index in [0.717, 1.165) is 17.7 Å². The van der Waals surface area contributed by atoms with Gasteiger partial charge in [0, 0.05) is 12.6 Å². The highest BCUT2D eigenvalue weighted by Gasteiger charge is 2.12. The van der Waals surface area contributed by atoms with E-state index >= 15 is 0 Å². The van der Waals surface area contributed by atoms with Gasteiger partial charge in [0.1, 0.15) is 5.75 Å². The summed E-state index contributed by atoms with van der Waals surface area (Å²) in [7, 11) is 0. The lowest BCUT2D eigenvalue weighted by molar-refractivity contribution is -0.385. The number of halogens is 1. The molecule has 0 fully saturated rings. The van der Waals surface area contributed by atoms with Crippen molar-refractivity contribution in [1.82, 2.24) is 5.32 Å². The molecule has 0 unspecified atom stereocenters. The number of amides is 1. The molecule has 0 bridgehead atoms. The van der Waals surface area contributed by atoms with Crippen molar-refractivity contribution < 1.29 is 24.0 Å². The smallest absolute Gasteiger partial charge is 0.272 e. The van der Waals surface area contributed by atoms with Gasteiger partial charge in [-0.1, -0.05) is 12.1 Å². The number of nitrogens with one attached hydrogen (secondary N) is 1. The first-order valence-electron chi connectivity index (χ1n) is 7.08. The Hall–Kier alpha value is -3.00. The lowest BCUT2D eigenvalue weighted by Crippen LogP contribution is -2.27. The second kappa shape index (κ2) is 8.02. The van der Waals surface area contributed by atoms with Crippen LogP contribution in [0.4, 0.5) is 10.1 Å². The summed E-state index contributed by atoms with van der Waals surface area (Å²) in [5, 5.41) is 21.7. The first-order valence-corrected chi connectivity index (χ1v) is 7.08. The molecular weight excluding hydrogens is 319 g/mol. The average Bonchev–Trinajstić information content (AvgIpc) is 2.56. The Morgan fingerprint density at radius 1 is 1.25 bits per heavy atom. The molecule has 1 amide bonds. The number of carbonyl (C=O) groups excluding carboxylic acids is 1. The van der Waals surface area contributed by atoms with Gasteiger partial charge in [0.25, 0.3) is 5.69 Å². The molecule has 8 heteroatoms. The molecule has 0 aliphatic carbocycles. The number of aliphatic hydroxyl groups is 1. The van der Waals surface area contributed by atoms with E-state index in [9.17, 15) is 19.3 Å². The molecule has 2 N–H and O–H groups in total. The first kappa shape index (κ1) is 17.4. The van der Waals surface area contributed by atoms with Crippen molar-refractivity contribution in [1.29, 1.82) is 0 Å². The van der Waals surface area contributed by atoms with E-state index in [0.29, 0.717) is 5.75 Å². The molecule has 0 saturated carbocycles. The number of aliphatic hydroxyl groups excluding tert-OH is 1. The van der Waals surface area contributed by atoms with E-state index in [-0.39, 0.29) is 36.9 Å². The highest BCUT2D eigenvalue weighted by Crippen LogP contribution is 2.27. The van der Waals surface area contributed by atoms with Crippen LogP contribution in [0.5, 0.6) is 11.5 Å². The third-order valence-corrected chi connectivity index (χ3v) is 3.08. The van der Waals surface area contributed by atoms with Crippen LogP contribution in [-0.4, -0.2) is 29.1 Å². The molecule has 0 spiro atoms. The van der Waals surface area contributed by atoms with Crippen LogP contribution in [-0.2, 0) is 11.2 Å². The number of ether oxygens (including phenoxy) is 1. The van der Waals surface area contributed by atoms with Crippen LogP contribution in [0.25, 0.3) is 0 Å². The summed E-state index contributed by atoms with van der Waals surface area (Å²) in [5.74, 6) is -0.855. The number of nitrogens with zero attached hydrogens (tertiary/aromatic N) is 1. The Morgan fingerprint density at radius 2 is 1.96 bits per heavy atom. The van der Waals surface area contributed by atoms with Gasteiger partial charge in [-0.2, -0.15) is 0 Å². The molecule has 0 atom stereocenters. The molecule has 2 rings (SSSR count). The number of rotatable bonds is 7. The number of hydrogen-bond acceptors (Lipinski definition) is 5. The van der Waals surface area contributed by atoms with E-state index in [1.54, 1.807) is 24.3 Å². The lowest BCUT2D eigenvalue weighted by Gasteiger charge is -2.08. The Balaban J connectivity index is 2.01. The van der Waals surface area contributed by atoms with E-state index in [1.165, 1.54) is 6.07 Å². The summed E-state index contributed by atoms with van der Waals surface area (Å²) < 4.78 is 19.1. The zero-order chi connectivity index (χ0) is 17.5. The molecule has 2 aromatic rings. The molecule has 0 aliphatic rings. The van der Waals surface area contributed by atoms with Crippen molar-refractivity contribution in [3.8, 4) is 11.5 Å². The SMILES string of the molecule is O=C(Cc1ccc(Oc2ccc([N+](=O)[O-])cc2F)cc1)NCCO. The molecular formula is C16H15FN2O5. The minimum atomic E-state index is -0.836. The average molecular weight is 334 g/mol. The van der Waals surface area contributed by atoms with Crippen LogP contribution in [0, 0.1) is 15.9 Å². The maximum Gasteiger partial charge on any atom is 0.272 e. The van der Waals surface area contributed by atoms with Crippen molar-refractivity contribution in [2.45, 2.75) is 6.42 Å². The quantitative estimate of drug-likeness (QED) is 0.597. The molecule has 0 saturated heterocycles. The highest BCUT2D eigenvalue weighted by atomic mass is 19.1. The van der Waals surface area contributed by atoms with Gasteiger partial charge in [-0.15, -0.1) is 0 Å². The van der Waals surface area contributed by atoms with E-state index < -0.39 is 10.7 Å². The normalized spacial score (nSPS) is 10.2. The molecule has 126 valence electrons. The van der Waals surface area contributed by atoms with Crippen LogP contribution in [0.1, 0.15) is 5.56 Å². The van der Waals surface area contributed by atoms with Crippen LogP contribution in [0.2, 0.25) is 0 Å². The van der Waals surface area contributed by atoms with Gasteiger partial charge in [-0.3, -0.25) is 14.9 Å². The summed E-state index contributed by atoms with van der Waals surface area (Å²) in [6.07, 6.45) is 0.145. The number of benzene rings is 2. The van der Waals surface area contributed by atoms with Crippen molar-refractivity contribution in [2.75, 3.05) is 13.2 Å². The third-order valence-electron chi connectivity index (χ3n) is 3.08. The minimum Gasteiger partial charge on any atom is -0.454 e. The topological polar surface area (TPSA) is 102 Å². The van der Waals surface area contributed by atoms with Crippen LogP contribution < -0.4 is 10.1 Å². The van der Waals surface area contributed by atoms with Gasteiger partial charge >= 0.3 is 0 Å². The molecule has 24 heavy (non-hydrogen) atoms. The third kappa shape index (κ3) is 4.75. The Morgan fingerprint density at radius 3 is 2.54 bits per heavy atom. The van der Waals surface area contributed by atoms with Gasteiger partial charge < -0.3 is 15.2 Å². The second-order valence-corrected chi connectivity index (χ2v) is 4.87. The Bertz CT molecular complexity index is 734. The van der Waals surface area contributed by atoms with E-state index in [4.69, 9.17) is 9.84 Å². The number of carbonyl (C=O) groups is 1. The predicted octanol–water partition coefficient (Wildman–Crippen LogP) is 2.18. The lowest BCUT2D eigenvalue weighted by atomic mass is 10.1. The highest BCUT2D eigenvalue weighted by molar-refractivity contribution is 5.78. The van der Waals surface area contributed by atoms with Gasteiger partial charge in [-0.25, -0.2) is 4.39 Å². The summed E-state index contributed by atoms with van der Waals surface area (Å²) in [5.41, 5.74) is 0.367. The van der Waals surface area contributed by atoms with E-state index in [1.807, 2.05) is 0 Å². The fourth-order valence-corrected chi connectivity index (χ4v) is 1.93. The maximum atomic E-state index is 13.8. The number of non-ortho nitro benzene ring substituents is 1. The van der Waals surface area contributed by atoms with E-state index in [2.05, 4.69) is 5.32 Å². The number of nitro benzene ring substituents is 1. The predicted molar refractivity (Wildman–Crippen MR) is 83.4 cm³/mol. The largest absolute Gasteiger partial charge is 0.454 e. The zero-order valence-electron chi connectivity index (χ0n) is 12.6. The van der Waals surface area contributed by atoms with Crippen molar-refractivity contribution >= 4 is 11.6 Å². The summed E-state index contributed by atoms with van der Waals surface area (Å²) in [6.45, 7) is 0.0682. The van der Waals surface area contributed by atoms with Gasteiger partial charge in [0.15, 0.2) is 11.6 Å². The zero-order valence-corrected chi connectivity index (χ0v) is 12.6. The van der Waals surface area contributed by atoms with Gasteiger partial charge in [0.2, 0.25) is 5.91 Å². The fraction of sp³-hybridized carbons (Fsp3) is 0.188. The second-order valence-electron chi connectivity index (χ2n) is 4.87. The summed E-state index contributed by atoms with van der Waals surface area (Å²) >= 11 is 0. The molecule has 2 aromatic carbocycles. The molecule has 0 radical (unpaired) electrons. The van der Waals surface area contributed by atoms with Crippen LogP contribution in [0.15, 0.2) is 42.5 Å². The van der Waals surface area contributed by atoms with Gasteiger partial charge in [0.05, 0.1) is 24.0 Å². The first-order chi connectivity index (χ1) is 11.5. The summed E-state index contributed by atoms with van der Waals surface area (Å²) in [4.78, 5) is 21.4. The van der Waals surface area contributed by atoms with Crippen molar-refractivity contribution in [2.24, 2.45) is 0 Å². The summed E-state index contributed by atoms with van der Waals surface area (Å²) in [6, 6.07) is 9.55. The standard InChI is InChI=1S/C16H15FN2O5/c17-14-10-12(19(22)23)3-6-15(14)24-13-4-1-11(2-5-13)9-16(21)18-7-8-20/h1-6,10,20H,7-9H2,(H,18,21). The van der Waals surface area contributed by atoms with Crippen LogP contribution >= 0.6 is 0 Å². The molecule has 0 heterocycles. The van der Waals surface area contributed by atoms with Crippen LogP contribution in [0.3, 0.4) is 0 Å². The van der Waals surface area contributed by atoms with Crippen molar-refractivity contribution in [3.05, 3.63) is 64.0 Å². The Kier molecular flexibility index (Phi) is 5.80. The molecule has 7 nitrogen and oxygen atoms in total. The number of hydrogen-bond donors (Lipinski definition) is 2. The van der Waals surface area contributed by atoms with Gasteiger partial charge in [-0.05, 0) is 23.8 Å². The minimum absolute atomic E-state index is 0.126. The Labute approximate surface area is 136 Å². The molecule has 0 aromatic heterocycles. The molecule has 0 aliphatic heterocycles. The fourth-order valence-electron chi connectivity index (χ4n) is 1.93. The monoisotopic (exact) mass is 334 g/mol. The number of nitro groups is 1.